The van der Waals surface area contributed by atoms with E-state index in [1.54, 1.807) is 47.1 Å². The number of nitrogens with zero attached hydrogens (tertiary/aromatic N) is 2. The number of aliphatic hydroxyl groups is 1. The highest BCUT2D eigenvalue weighted by Crippen LogP contribution is 2.30. The van der Waals surface area contributed by atoms with E-state index in [4.69, 9.17) is 9.47 Å². The SMILES string of the molecule is C[C@@H]1CN([C@H](C)CO)C(=O)c2cc(NS(=O)(=O)c3ccccc3)ccc2O[C@@H](C)CCCCO[C@H]1CN(C)C(=O)C1CCCCC1. The van der Waals surface area contributed by atoms with Gasteiger partial charge in [-0.15, -0.1) is 0 Å². The van der Waals surface area contributed by atoms with Gasteiger partial charge in [0.05, 0.1) is 35.3 Å². The molecule has 1 heterocycles. The molecule has 2 aromatic rings. The number of ether oxygens (including phenoxy) is 2. The maximum absolute atomic E-state index is 14.3. The first-order valence-electron chi connectivity index (χ1n) is 16.7. The second-order valence-corrected chi connectivity index (χ2v) is 14.7. The largest absolute Gasteiger partial charge is 0.490 e. The molecule has 10 nitrogen and oxygen atoms in total. The van der Waals surface area contributed by atoms with Gasteiger partial charge in [0.25, 0.3) is 15.9 Å². The lowest BCUT2D eigenvalue weighted by Gasteiger charge is -2.36. The van der Waals surface area contributed by atoms with E-state index in [1.165, 1.54) is 24.6 Å². The first-order valence-corrected chi connectivity index (χ1v) is 18.2. The van der Waals surface area contributed by atoms with E-state index in [0.717, 1.165) is 44.9 Å². The van der Waals surface area contributed by atoms with Crippen molar-refractivity contribution >= 4 is 27.5 Å². The van der Waals surface area contributed by atoms with Crippen LogP contribution in [0.2, 0.25) is 0 Å². The van der Waals surface area contributed by atoms with Crippen LogP contribution in [0, 0.1) is 11.8 Å². The third kappa shape index (κ3) is 9.45. The molecule has 11 heteroatoms. The minimum atomic E-state index is -3.90. The molecule has 0 unspecified atom stereocenters. The van der Waals surface area contributed by atoms with Crippen LogP contribution in [0.15, 0.2) is 53.4 Å². The normalized spacial score (nSPS) is 23.0. The molecule has 2 aliphatic rings. The molecule has 254 valence electrons. The molecule has 4 rings (SSSR count). The first kappa shape index (κ1) is 35.7. The number of amides is 2. The van der Waals surface area contributed by atoms with Crippen molar-refractivity contribution in [2.24, 2.45) is 11.8 Å². The van der Waals surface area contributed by atoms with E-state index in [1.807, 2.05) is 20.9 Å². The lowest BCUT2D eigenvalue weighted by molar-refractivity contribution is -0.137. The molecule has 2 aromatic carbocycles. The zero-order valence-corrected chi connectivity index (χ0v) is 28.5. The van der Waals surface area contributed by atoms with Crippen molar-refractivity contribution in [2.45, 2.75) is 95.3 Å². The predicted molar refractivity (Wildman–Crippen MR) is 178 cm³/mol. The molecule has 0 aromatic heterocycles. The smallest absolute Gasteiger partial charge is 0.261 e. The Bertz CT molecular complexity index is 1400. The molecule has 1 saturated carbocycles. The van der Waals surface area contributed by atoms with Gasteiger partial charge in [-0.3, -0.25) is 14.3 Å². The second kappa shape index (κ2) is 16.6. The topological polar surface area (TPSA) is 125 Å². The fourth-order valence-corrected chi connectivity index (χ4v) is 7.35. The zero-order valence-electron chi connectivity index (χ0n) is 27.7. The number of carbonyl (C=O) groups is 2. The van der Waals surface area contributed by atoms with Crippen molar-refractivity contribution < 1.29 is 32.6 Å². The van der Waals surface area contributed by atoms with Crippen molar-refractivity contribution in [2.75, 3.05) is 38.1 Å². The average molecular weight is 658 g/mol. The minimum absolute atomic E-state index is 0.0477. The third-order valence-electron chi connectivity index (χ3n) is 9.14. The first-order chi connectivity index (χ1) is 22.0. The van der Waals surface area contributed by atoms with Gasteiger partial charge in [-0.2, -0.15) is 0 Å². The van der Waals surface area contributed by atoms with Gasteiger partial charge in [0, 0.05) is 44.3 Å². The van der Waals surface area contributed by atoms with Crippen molar-refractivity contribution in [1.29, 1.82) is 0 Å². The van der Waals surface area contributed by atoms with E-state index < -0.39 is 16.1 Å². The lowest BCUT2D eigenvalue weighted by atomic mass is 9.88. The van der Waals surface area contributed by atoms with Gasteiger partial charge in [0.15, 0.2) is 0 Å². The Kier molecular flexibility index (Phi) is 12.9. The summed E-state index contributed by atoms with van der Waals surface area (Å²) in [6, 6.07) is 12.2. The van der Waals surface area contributed by atoms with Gasteiger partial charge in [0.1, 0.15) is 5.75 Å². The second-order valence-electron chi connectivity index (χ2n) is 13.0. The van der Waals surface area contributed by atoms with Gasteiger partial charge < -0.3 is 24.4 Å². The summed E-state index contributed by atoms with van der Waals surface area (Å²) in [5.41, 5.74) is 0.425. The van der Waals surface area contributed by atoms with Crippen molar-refractivity contribution in [3.63, 3.8) is 0 Å². The van der Waals surface area contributed by atoms with Crippen molar-refractivity contribution in [1.82, 2.24) is 9.80 Å². The van der Waals surface area contributed by atoms with E-state index in [9.17, 15) is 23.1 Å². The van der Waals surface area contributed by atoms with Crippen LogP contribution in [-0.4, -0.2) is 86.7 Å². The summed E-state index contributed by atoms with van der Waals surface area (Å²) >= 11 is 0. The van der Waals surface area contributed by atoms with E-state index in [0.29, 0.717) is 18.9 Å². The van der Waals surface area contributed by atoms with Gasteiger partial charge in [0.2, 0.25) is 5.91 Å². The van der Waals surface area contributed by atoms with Crippen LogP contribution in [0.5, 0.6) is 5.75 Å². The monoisotopic (exact) mass is 657 g/mol. The Morgan fingerprint density at radius 1 is 1.04 bits per heavy atom. The van der Waals surface area contributed by atoms with E-state index in [-0.39, 0.29) is 65.2 Å². The molecular formula is C35H51N3O7S. The highest BCUT2D eigenvalue weighted by molar-refractivity contribution is 7.92. The van der Waals surface area contributed by atoms with Crippen LogP contribution < -0.4 is 9.46 Å². The maximum atomic E-state index is 14.3. The number of likely N-dealkylation sites (N-methyl/N-ethyl adjacent to an activating group) is 1. The Morgan fingerprint density at radius 3 is 2.43 bits per heavy atom. The molecule has 46 heavy (non-hydrogen) atoms. The third-order valence-corrected chi connectivity index (χ3v) is 10.5. The summed E-state index contributed by atoms with van der Waals surface area (Å²) in [5, 5.41) is 10.2. The molecule has 0 radical (unpaired) electrons. The standard InChI is InChI=1S/C35H51N3O7S/c1-25-22-38(26(2)24-39)35(41)31-21-29(36-46(42,43)30-16-9-6-10-17-30)18-19-32(31)45-27(3)13-11-12-20-44-33(25)23-37(4)34(40)28-14-7-5-8-15-28/h6,9-10,16-19,21,25-28,33,36,39H,5,7-8,11-15,20,22-24H2,1-4H3/t25-,26-,27+,33+/m1/s1. The fraction of sp³-hybridized carbons (Fsp3) is 0.600. The number of hydrogen-bond donors (Lipinski definition) is 2. The predicted octanol–water partition coefficient (Wildman–Crippen LogP) is 5.32. The zero-order chi connectivity index (χ0) is 33.3. The lowest BCUT2D eigenvalue weighted by Crippen LogP contribution is -2.48. The number of carbonyl (C=O) groups excluding carboxylic acids is 2. The van der Waals surface area contributed by atoms with Crippen molar-refractivity contribution in [3.05, 3.63) is 54.1 Å². The maximum Gasteiger partial charge on any atom is 0.261 e. The van der Waals surface area contributed by atoms with Crippen LogP contribution >= 0.6 is 0 Å². The number of nitrogens with one attached hydrogen (secondary N) is 1. The average Bonchev–Trinajstić information content (AvgIpc) is 3.06. The van der Waals surface area contributed by atoms with Gasteiger partial charge >= 0.3 is 0 Å². The van der Waals surface area contributed by atoms with E-state index in [2.05, 4.69) is 4.72 Å². The fourth-order valence-electron chi connectivity index (χ4n) is 6.28. The number of benzene rings is 2. The van der Waals surface area contributed by atoms with Gasteiger partial charge in [-0.25, -0.2) is 8.42 Å². The summed E-state index contributed by atoms with van der Waals surface area (Å²) in [5.74, 6) is -0.0153. The summed E-state index contributed by atoms with van der Waals surface area (Å²) < 4.78 is 41.5. The molecule has 0 saturated heterocycles. The van der Waals surface area contributed by atoms with Crippen LogP contribution in [0.25, 0.3) is 0 Å². The van der Waals surface area contributed by atoms with Crippen LogP contribution in [0.4, 0.5) is 5.69 Å². The number of fused-ring (bicyclic) bond motifs is 1. The van der Waals surface area contributed by atoms with Crippen LogP contribution in [0.3, 0.4) is 0 Å². The number of aliphatic hydroxyl groups excluding tert-OH is 1. The summed E-state index contributed by atoms with van der Waals surface area (Å²) in [6.45, 7) is 6.64. The molecule has 1 aliphatic heterocycles. The molecule has 1 fully saturated rings. The molecule has 2 amide bonds. The van der Waals surface area contributed by atoms with E-state index >= 15 is 0 Å². The molecular weight excluding hydrogens is 606 g/mol. The Morgan fingerprint density at radius 2 is 1.74 bits per heavy atom. The quantitative estimate of drug-likeness (QED) is 0.394. The van der Waals surface area contributed by atoms with Gasteiger partial charge in [-0.1, -0.05) is 44.4 Å². The highest BCUT2D eigenvalue weighted by atomic mass is 32.2. The number of rotatable bonds is 8. The molecule has 0 bridgehead atoms. The Labute approximate surface area is 274 Å². The highest BCUT2D eigenvalue weighted by Gasteiger charge is 2.32. The number of sulfonamides is 1. The number of hydrogen-bond acceptors (Lipinski definition) is 7. The minimum Gasteiger partial charge on any atom is -0.490 e. The Hall–Kier alpha value is -3.15. The molecule has 1 aliphatic carbocycles. The van der Waals surface area contributed by atoms with Crippen LogP contribution in [0.1, 0.15) is 82.5 Å². The van der Waals surface area contributed by atoms with Gasteiger partial charge in [-0.05, 0) is 76.3 Å². The van der Waals surface area contributed by atoms with Crippen LogP contribution in [-0.2, 0) is 19.6 Å². The molecule has 0 spiro atoms. The summed E-state index contributed by atoms with van der Waals surface area (Å²) in [7, 11) is -2.06. The van der Waals surface area contributed by atoms with Crippen molar-refractivity contribution in [3.8, 4) is 5.75 Å². The number of anilines is 1. The Balaban J connectivity index is 1.63. The summed E-state index contributed by atoms with van der Waals surface area (Å²) in [6.07, 6.45) is 7.05. The summed E-state index contributed by atoms with van der Waals surface area (Å²) in [4.78, 5) is 31.1. The molecule has 4 atom stereocenters. The molecule has 2 N–H and O–H groups in total.